The Morgan fingerprint density at radius 3 is 3.00 bits per heavy atom. The molecule has 1 heterocycles. The number of hydrogen-bond acceptors (Lipinski definition) is 4. The first-order chi connectivity index (χ1) is 7.28. The topological polar surface area (TPSA) is 61.0 Å². The third-order valence-corrected chi connectivity index (χ3v) is 2.71. The molecule has 0 aliphatic heterocycles. The van der Waals surface area contributed by atoms with E-state index in [2.05, 4.69) is 9.97 Å². The van der Waals surface area contributed by atoms with Crippen molar-refractivity contribution in [3.63, 3.8) is 0 Å². The highest BCUT2D eigenvalue weighted by Crippen LogP contribution is 2.33. The van der Waals surface area contributed by atoms with Crippen molar-refractivity contribution >= 4 is 0 Å². The SMILES string of the molecule is COc1cc(CC(N)CC2CC2)ncn1. The molecule has 1 fully saturated rings. The van der Waals surface area contributed by atoms with E-state index in [1.165, 1.54) is 19.2 Å². The molecule has 1 unspecified atom stereocenters. The Kier molecular flexibility index (Phi) is 3.16. The van der Waals surface area contributed by atoms with Crippen LogP contribution in [-0.4, -0.2) is 23.1 Å². The quantitative estimate of drug-likeness (QED) is 0.787. The summed E-state index contributed by atoms with van der Waals surface area (Å²) in [4.78, 5) is 8.15. The number of nitrogens with zero attached hydrogens (tertiary/aromatic N) is 2. The van der Waals surface area contributed by atoms with Crippen LogP contribution in [0.1, 0.15) is 25.0 Å². The Balaban J connectivity index is 1.90. The second-order valence-electron chi connectivity index (χ2n) is 4.19. The van der Waals surface area contributed by atoms with Crippen LogP contribution in [0.4, 0.5) is 0 Å². The minimum Gasteiger partial charge on any atom is -0.481 e. The molecule has 1 saturated carbocycles. The van der Waals surface area contributed by atoms with Gasteiger partial charge in [0, 0.05) is 24.2 Å². The van der Waals surface area contributed by atoms with Gasteiger partial charge in [0.15, 0.2) is 0 Å². The van der Waals surface area contributed by atoms with E-state index in [-0.39, 0.29) is 6.04 Å². The van der Waals surface area contributed by atoms with Crippen molar-refractivity contribution in [2.24, 2.45) is 11.7 Å². The molecule has 0 bridgehead atoms. The summed E-state index contributed by atoms with van der Waals surface area (Å²) in [5.41, 5.74) is 7.00. The summed E-state index contributed by atoms with van der Waals surface area (Å²) in [6.45, 7) is 0. The number of aromatic nitrogens is 2. The first kappa shape index (κ1) is 10.4. The van der Waals surface area contributed by atoms with E-state index >= 15 is 0 Å². The van der Waals surface area contributed by atoms with Gasteiger partial charge in [0.05, 0.1) is 7.11 Å². The first-order valence-electron chi connectivity index (χ1n) is 5.38. The second kappa shape index (κ2) is 4.57. The summed E-state index contributed by atoms with van der Waals surface area (Å²) in [6, 6.07) is 2.07. The Hall–Kier alpha value is -1.16. The second-order valence-corrected chi connectivity index (χ2v) is 4.19. The van der Waals surface area contributed by atoms with Crippen LogP contribution in [0, 0.1) is 5.92 Å². The van der Waals surface area contributed by atoms with Crippen molar-refractivity contribution in [2.45, 2.75) is 31.7 Å². The van der Waals surface area contributed by atoms with Gasteiger partial charge in [0.2, 0.25) is 5.88 Å². The maximum atomic E-state index is 6.04. The minimum absolute atomic E-state index is 0.220. The molecular weight excluding hydrogens is 190 g/mol. The molecular formula is C11H17N3O. The number of nitrogens with two attached hydrogens (primary N) is 1. The van der Waals surface area contributed by atoms with E-state index in [1.54, 1.807) is 7.11 Å². The number of ether oxygens (including phenoxy) is 1. The Bertz CT molecular complexity index is 325. The summed E-state index contributed by atoms with van der Waals surface area (Å²) in [7, 11) is 1.61. The number of methoxy groups -OCH3 is 1. The maximum absolute atomic E-state index is 6.04. The summed E-state index contributed by atoms with van der Waals surface area (Å²) in [5.74, 6) is 1.47. The Labute approximate surface area is 89.9 Å². The van der Waals surface area contributed by atoms with Crippen LogP contribution in [0.2, 0.25) is 0 Å². The van der Waals surface area contributed by atoms with Crippen molar-refractivity contribution in [3.8, 4) is 5.88 Å². The molecule has 0 radical (unpaired) electrons. The molecule has 82 valence electrons. The van der Waals surface area contributed by atoms with Crippen LogP contribution in [0.25, 0.3) is 0 Å². The van der Waals surface area contributed by atoms with E-state index in [9.17, 15) is 0 Å². The van der Waals surface area contributed by atoms with Gasteiger partial charge in [0.1, 0.15) is 6.33 Å². The van der Waals surface area contributed by atoms with Crippen LogP contribution >= 0.6 is 0 Å². The lowest BCUT2D eigenvalue weighted by Gasteiger charge is -2.10. The van der Waals surface area contributed by atoms with E-state index in [0.717, 1.165) is 24.5 Å². The lowest BCUT2D eigenvalue weighted by Crippen LogP contribution is -2.23. The van der Waals surface area contributed by atoms with E-state index in [0.29, 0.717) is 5.88 Å². The summed E-state index contributed by atoms with van der Waals surface area (Å²) in [5, 5.41) is 0. The molecule has 4 nitrogen and oxygen atoms in total. The zero-order valence-corrected chi connectivity index (χ0v) is 9.02. The molecule has 1 aromatic rings. The molecule has 15 heavy (non-hydrogen) atoms. The highest BCUT2D eigenvalue weighted by Gasteiger charge is 2.24. The summed E-state index contributed by atoms with van der Waals surface area (Å²) < 4.78 is 5.04. The predicted molar refractivity (Wildman–Crippen MR) is 57.6 cm³/mol. The molecule has 0 aromatic carbocycles. The van der Waals surface area contributed by atoms with Crippen LogP contribution in [0.3, 0.4) is 0 Å². The van der Waals surface area contributed by atoms with Crippen molar-refractivity contribution in [3.05, 3.63) is 18.1 Å². The van der Waals surface area contributed by atoms with E-state index in [4.69, 9.17) is 10.5 Å². The fourth-order valence-electron chi connectivity index (χ4n) is 1.73. The van der Waals surface area contributed by atoms with E-state index in [1.807, 2.05) is 6.07 Å². The monoisotopic (exact) mass is 207 g/mol. The highest BCUT2D eigenvalue weighted by atomic mass is 16.5. The van der Waals surface area contributed by atoms with Crippen molar-refractivity contribution in [1.29, 1.82) is 0 Å². The van der Waals surface area contributed by atoms with Gasteiger partial charge < -0.3 is 10.5 Å². The van der Waals surface area contributed by atoms with Crippen molar-refractivity contribution in [1.82, 2.24) is 9.97 Å². The largest absolute Gasteiger partial charge is 0.481 e. The fraction of sp³-hybridized carbons (Fsp3) is 0.636. The molecule has 0 amide bonds. The Morgan fingerprint density at radius 1 is 1.53 bits per heavy atom. The standard InChI is InChI=1S/C11H17N3O/c1-15-11-6-10(13-7-14-11)5-9(12)4-8-2-3-8/h6-9H,2-5,12H2,1H3. The normalized spacial score (nSPS) is 17.5. The fourth-order valence-corrected chi connectivity index (χ4v) is 1.73. The van der Waals surface area contributed by atoms with Gasteiger partial charge in [-0.15, -0.1) is 0 Å². The van der Waals surface area contributed by atoms with Crippen LogP contribution in [-0.2, 0) is 6.42 Å². The van der Waals surface area contributed by atoms with Gasteiger partial charge in [-0.2, -0.15) is 0 Å². The molecule has 2 N–H and O–H groups in total. The minimum atomic E-state index is 0.220. The van der Waals surface area contributed by atoms with Gasteiger partial charge in [-0.3, -0.25) is 0 Å². The maximum Gasteiger partial charge on any atom is 0.216 e. The van der Waals surface area contributed by atoms with Crippen LogP contribution < -0.4 is 10.5 Å². The number of hydrogen-bond donors (Lipinski definition) is 1. The molecule has 0 spiro atoms. The molecule has 1 aromatic heterocycles. The zero-order chi connectivity index (χ0) is 10.7. The molecule has 0 saturated heterocycles. The summed E-state index contributed by atoms with van der Waals surface area (Å²) in [6.07, 6.45) is 6.15. The third-order valence-electron chi connectivity index (χ3n) is 2.71. The molecule has 4 heteroatoms. The van der Waals surface area contributed by atoms with Gasteiger partial charge in [-0.1, -0.05) is 12.8 Å². The van der Waals surface area contributed by atoms with E-state index < -0.39 is 0 Å². The first-order valence-corrected chi connectivity index (χ1v) is 5.38. The third kappa shape index (κ3) is 3.16. The predicted octanol–water partition coefficient (Wildman–Crippen LogP) is 1.16. The van der Waals surface area contributed by atoms with Gasteiger partial charge >= 0.3 is 0 Å². The van der Waals surface area contributed by atoms with Crippen molar-refractivity contribution in [2.75, 3.05) is 7.11 Å². The lowest BCUT2D eigenvalue weighted by molar-refractivity contribution is 0.395. The zero-order valence-electron chi connectivity index (χ0n) is 9.02. The lowest BCUT2D eigenvalue weighted by atomic mass is 10.1. The van der Waals surface area contributed by atoms with Crippen LogP contribution in [0.15, 0.2) is 12.4 Å². The van der Waals surface area contributed by atoms with Gasteiger partial charge in [0.25, 0.3) is 0 Å². The number of rotatable bonds is 5. The smallest absolute Gasteiger partial charge is 0.216 e. The van der Waals surface area contributed by atoms with Crippen molar-refractivity contribution < 1.29 is 4.74 Å². The van der Waals surface area contributed by atoms with Crippen LogP contribution in [0.5, 0.6) is 5.88 Å². The Morgan fingerprint density at radius 2 is 2.33 bits per heavy atom. The molecule has 2 rings (SSSR count). The average molecular weight is 207 g/mol. The van der Waals surface area contributed by atoms with Gasteiger partial charge in [-0.25, -0.2) is 9.97 Å². The molecule has 1 aliphatic carbocycles. The molecule has 1 atom stereocenters. The van der Waals surface area contributed by atoms with Gasteiger partial charge in [-0.05, 0) is 12.3 Å². The average Bonchev–Trinajstić information content (AvgIpc) is 3.02. The summed E-state index contributed by atoms with van der Waals surface area (Å²) >= 11 is 0. The highest BCUT2D eigenvalue weighted by molar-refractivity contribution is 5.14. The molecule has 1 aliphatic rings.